The van der Waals surface area contributed by atoms with Crippen molar-refractivity contribution in [3.05, 3.63) is 58.4 Å². The van der Waals surface area contributed by atoms with Gasteiger partial charge in [-0.15, -0.1) is 0 Å². The molecule has 2 heterocycles. The molecule has 1 N–H and O–H groups in total. The third kappa shape index (κ3) is 4.35. The molecule has 0 unspecified atom stereocenters. The quantitative estimate of drug-likeness (QED) is 0.637. The van der Waals surface area contributed by atoms with Crippen molar-refractivity contribution in [2.75, 3.05) is 13.1 Å². The van der Waals surface area contributed by atoms with Gasteiger partial charge in [0.25, 0.3) is 17.5 Å². The molecular formula is C23H28N4O3. The first-order valence-electron chi connectivity index (χ1n) is 10.3. The highest BCUT2D eigenvalue weighted by Crippen LogP contribution is 2.25. The topological polar surface area (TPSA) is 88.3 Å². The number of nitrogens with one attached hydrogen (secondary N) is 1. The number of rotatable bonds is 7. The molecule has 0 bridgehead atoms. The Bertz CT molecular complexity index is 1050. The van der Waals surface area contributed by atoms with Gasteiger partial charge in [-0.25, -0.2) is 4.98 Å². The lowest BCUT2D eigenvalue weighted by molar-refractivity contribution is 0.0772. The number of hydrogen-bond acceptors (Lipinski definition) is 5. The fourth-order valence-electron chi connectivity index (χ4n) is 3.32. The van der Waals surface area contributed by atoms with Crippen LogP contribution in [-0.2, 0) is 6.54 Å². The average Bonchev–Trinajstić information content (AvgIpc) is 3.13. The fourth-order valence-corrected chi connectivity index (χ4v) is 3.32. The molecule has 2 aromatic heterocycles. The van der Waals surface area contributed by atoms with Gasteiger partial charge in [0.15, 0.2) is 0 Å². The van der Waals surface area contributed by atoms with E-state index in [9.17, 15) is 9.59 Å². The van der Waals surface area contributed by atoms with E-state index in [-0.39, 0.29) is 17.7 Å². The van der Waals surface area contributed by atoms with Crippen molar-refractivity contribution in [3.8, 4) is 0 Å². The minimum atomic E-state index is -0.209. The Labute approximate surface area is 176 Å². The van der Waals surface area contributed by atoms with Gasteiger partial charge in [-0.3, -0.25) is 9.59 Å². The normalized spacial score (nSPS) is 11.1. The summed E-state index contributed by atoms with van der Waals surface area (Å²) in [6, 6.07) is 9.13. The van der Waals surface area contributed by atoms with E-state index in [1.807, 2.05) is 39.8 Å². The van der Waals surface area contributed by atoms with E-state index >= 15 is 0 Å². The molecule has 0 fully saturated rings. The van der Waals surface area contributed by atoms with E-state index in [4.69, 9.17) is 4.52 Å². The molecule has 0 aliphatic carbocycles. The van der Waals surface area contributed by atoms with Crippen LogP contribution in [0.5, 0.6) is 0 Å². The summed E-state index contributed by atoms with van der Waals surface area (Å²) in [4.78, 5) is 31.6. The van der Waals surface area contributed by atoms with Gasteiger partial charge in [-0.1, -0.05) is 31.1 Å². The Morgan fingerprint density at radius 3 is 2.40 bits per heavy atom. The minimum absolute atomic E-state index is 0.0129. The number of fused-ring (bicyclic) bond motifs is 1. The second-order valence-electron chi connectivity index (χ2n) is 7.55. The summed E-state index contributed by atoms with van der Waals surface area (Å²) in [5, 5.41) is 7.55. The van der Waals surface area contributed by atoms with Gasteiger partial charge in [0.05, 0.1) is 16.6 Å². The molecular weight excluding hydrogens is 380 g/mol. The fraction of sp³-hybridized carbons (Fsp3) is 0.391. The molecule has 0 saturated heterocycles. The molecule has 158 valence electrons. The van der Waals surface area contributed by atoms with Gasteiger partial charge in [0.1, 0.15) is 0 Å². The molecule has 0 aliphatic rings. The second-order valence-corrected chi connectivity index (χ2v) is 7.55. The SMILES string of the molecule is CCN(CC)C(=O)c1ccc(CNC(=O)c2cc(C(C)C)nc3onc(C)c23)cc1. The molecule has 0 saturated carbocycles. The minimum Gasteiger partial charge on any atom is -0.348 e. The number of nitrogens with zero attached hydrogens (tertiary/aromatic N) is 3. The summed E-state index contributed by atoms with van der Waals surface area (Å²) in [6.45, 7) is 11.4. The van der Waals surface area contributed by atoms with Crippen LogP contribution in [0.15, 0.2) is 34.9 Å². The summed E-state index contributed by atoms with van der Waals surface area (Å²) in [5.74, 6) is -0.0416. The lowest BCUT2D eigenvalue weighted by Crippen LogP contribution is -2.30. The summed E-state index contributed by atoms with van der Waals surface area (Å²) >= 11 is 0. The Kier molecular flexibility index (Phi) is 6.50. The number of benzene rings is 1. The third-order valence-corrected chi connectivity index (χ3v) is 5.18. The van der Waals surface area contributed by atoms with E-state index in [1.54, 1.807) is 30.0 Å². The van der Waals surface area contributed by atoms with E-state index in [1.165, 1.54) is 0 Å². The number of aryl methyl sites for hydroxylation is 1. The van der Waals surface area contributed by atoms with E-state index in [0.29, 0.717) is 47.6 Å². The van der Waals surface area contributed by atoms with Gasteiger partial charge in [0.2, 0.25) is 0 Å². The number of hydrogen-bond donors (Lipinski definition) is 1. The maximum Gasteiger partial charge on any atom is 0.259 e. The average molecular weight is 409 g/mol. The van der Waals surface area contributed by atoms with Crippen molar-refractivity contribution >= 4 is 22.9 Å². The van der Waals surface area contributed by atoms with Crippen molar-refractivity contribution in [2.45, 2.75) is 47.1 Å². The lowest BCUT2D eigenvalue weighted by atomic mass is 10.0. The Morgan fingerprint density at radius 1 is 1.13 bits per heavy atom. The molecule has 0 atom stereocenters. The molecule has 1 aromatic carbocycles. The van der Waals surface area contributed by atoms with Gasteiger partial charge < -0.3 is 14.7 Å². The van der Waals surface area contributed by atoms with Crippen molar-refractivity contribution < 1.29 is 14.1 Å². The van der Waals surface area contributed by atoms with Crippen molar-refractivity contribution in [3.63, 3.8) is 0 Å². The maximum atomic E-state index is 12.9. The molecule has 7 nitrogen and oxygen atoms in total. The lowest BCUT2D eigenvalue weighted by Gasteiger charge is -2.18. The molecule has 3 aromatic rings. The molecule has 0 radical (unpaired) electrons. The summed E-state index contributed by atoms with van der Waals surface area (Å²) in [6.07, 6.45) is 0. The number of amides is 2. The van der Waals surface area contributed by atoms with Crippen LogP contribution in [0.3, 0.4) is 0 Å². The molecule has 0 spiro atoms. The van der Waals surface area contributed by atoms with E-state index in [2.05, 4.69) is 15.5 Å². The molecule has 3 rings (SSSR count). The first-order chi connectivity index (χ1) is 14.3. The maximum absolute atomic E-state index is 12.9. The zero-order chi connectivity index (χ0) is 21.8. The van der Waals surface area contributed by atoms with Crippen molar-refractivity contribution in [2.24, 2.45) is 0 Å². The van der Waals surface area contributed by atoms with Gasteiger partial charge in [0, 0.05) is 30.9 Å². The molecule has 2 amide bonds. The first kappa shape index (κ1) is 21.5. The molecule has 0 aliphatic heterocycles. The first-order valence-corrected chi connectivity index (χ1v) is 10.3. The highest BCUT2D eigenvalue weighted by molar-refractivity contribution is 6.06. The number of aromatic nitrogens is 2. The Morgan fingerprint density at radius 2 is 1.80 bits per heavy atom. The van der Waals surface area contributed by atoms with Crippen LogP contribution < -0.4 is 5.32 Å². The zero-order valence-electron chi connectivity index (χ0n) is 18.2. The van der Waals surface area contributed by atoms with Crippen LogP contribution in [0.25, 0.3) is 11.1 Å². The summed E-state index contributed by atoms with van der Waals surface area (Å²) in [7, 11) is 0. The number of carbonyl (C=O) groups excluding carboxylic acids is 2. The van der Waals surface area contributed by atoms with Crippen LogP contribution in [-0.4, -0.2) is 39.9 Å². The third-order valence-electron chi connectivity index (χ3n) is 5.18. The van der Waals surface area contributed by atoms with Gasteiger partial charge in [-0.05, 0) is 50.5 Å². The smallest absolute Gasteiger partial charge is 0.259 e. The standard InChI is InChI=1S/C23H28N4O3/c1-6-27(7-2)23(29)17-10-8-16(9-11-17)13-24-21(28)18-12-19(14(3)4)25-22-20(18)15(5)26-30-22/h8-12,14H,6-7,13H2,1-5H3,(H,24,28). The van der Waals surface area contributed by atoms with Crippen LogP contribution >= 0.6 is 0 Å². The van der Waals surface area contributed by atoms with Crippen LogP contribution in [0, 0.1) is 6.92 Å². The predicted molar refractivity (Wildman–Crippen MR) is 115 cm³/mol. The Hall–Kier alpha value is -3.22. The molecule has 7 heteroatoms. The van der Waals surface area contributed by atoms with Crippen LogP contribution in [0.4, 0.5) is 0 Å². The van der Waals surface area contributed by atoms with Crippen molar-refractivity contribution in [1.29, 1.82) is 0 Å². The monoisotopic (exact) mass is 408 g/mol. The predicted octanol–water partition coefficient (Wildman–Crippen LogP) is 4.07. The van der Waals surface area contributed by atoms with Crippen LogP contribution in [0.2, 0.25) is 0 Å². The highest BCUT2D eigenvalue weighted by atomic mass is 16.5. The largest absolute Gasteiger partial charge is 0.348 e. The van der Waals surface area contributed by atoms with Gasteiger partial charge in [-0.2, -0.15) is 0 Å². The van der Waals surface area contributed by atoms with Gasteiger partial charge >= 0.3 is 0 Å². The zero-order valence-corrected chi connectivity index (χ0v) is 18.2. The Balaban J connectivity index is 1.76. The highest BCUT2D eigenvalue weighted by Gasteiger charge is 2.19. The number of pyridine rings is 1. The van der Waals surface area contributed by atoms with Crippen molar-refractivity contribution in [1.82, 2.24) is 20.4 Å². The summed E-state index contributed by atoms with van der Waals surface area (Å²) < 4.78 is 5.29. The second kappa shape index (κ2) is 9.07. The molecule has 30 heavy (non-hydrogen) atoms. The van der Waals surface area contributed by atoms with E-state index in [0.717, 1.165) is 11.3 Å². The van der Waals surface area contributed by atoms with E-state index < -0.39 is 0 Å². The van der Waals surface area contributed by atoms with Crippen LogP contribution in [0.1, 0.15) is 71.3 Å². The summed E-state index contributed by atoms with van der Waals surface area (Å²) in [5.41, 5.74) is 3.86. The number of carbonyl (C=O) groups is 2.